The Balaban J connectivity index is 2.13. The van der Waals surface area contributed by atoms with Crippen molar-refractivity contribution in [1.29, 1.82) is 0 Å². The van der Waals surface area contributed by atoms with Crippen LogP contribution in [0.25, 0.3) is 0 Å². The van der Waals surface area contributed by atoms with Gasteiger partial charge in [0.15, 0.2) is 0 Å². The Morgan fingerprint density at radius 3 is 2.74 bits per heavy atom. The number of hydrogen-bond acceptors (Lipinski definition) is 2. The number of nitrogens with zero attached hydrogens (tertiary/aromatic N) is 3. The molecule has 4 heteroatoms. The molecule has 0 fully saturated rings. The molecular weight excluding hydrogens is 236 g/mol. The molecule has 0 radical (unpaired) electrons. The third kappa shape index (κ3) is 3.07. The molecule has 0 bridgehead atoms. The van der Waals surface area contributed by atoms with E-state index in [0.29, 0.717) is 12.0 Å². The molecule has 0 aliphatic carbocycles. The van der Waals surface area contributed by atoms with E-state index in [2.05, 4.69) is 58.7 Å². The number of aryl methyl sites for hydroxylation is 1. The van der Waals surface area contributed by atoms with Crippen molar-refractivity contribution in [2.75, 3.05) is 7.05 Å². The van der Waals surface area contributed by atoms with Crippen molar-refractivity contribution in [3.05, 3.63) is 42.2 Å². The number of hydrogen-bond donors (Lipinski definition) is 1. The zero-order valence-corrected chi connectivity index (χ0v) is 12.3. The van der Waals surface area contributed by atoms with Crippen LogP contribution in [0.1, 0.15) is 38.2 Å². The minimum absolute atomic E-state index is 0.409. The molecule has 2 heterocycles. The van der Waals surface area contributed by atoms with Crippen LogP contribution < -0.4 is 5.32 Å². The second-order valence-corrected chi connectivity index (χ2v) is 5.26. The van der Waals surface area contributed by atoms with E-state index in [-0.39, 0.29) is 0 Å². The second kappa shape index (κ2) is 6.06. The van der Waals surface area contributed by atoms with Crippen molar-refractivity contribution >= 4 is 0 Å². The van der Waals surface area contributed by atoms with Crippen LogP contribution >= 0.6 is 0 Å². The summed E-state index contributed by atoms with van der Waals surface area (Å²) in [5, 5.41) is 3.38. The van der Waals surface area contributed by atoms with Crippen molar-refractivity contribution in [3.63, 3.8) is 0 Å². The van der Waals surface area contributed by atoms with Gasteiger partial charge in [-0.2, -0.15) is 0 Å². The fourth-order valence-corrected chi connectivity index (χ4v) is 2.57. The molecule has 2 rings (SSSR count). The van der Waals surface area contributed by atoms with E-state index in [1.165, 1.54) is 5.56 Å². The summed E-state index contributed by atoms with van der Waals surface area (Å²) in [6, 6.07) is 2.60. The Bertz CT molecular complexity index is 510. The molecule has 4 nitrogen and oxygen atoms in total. The Labute approximate surface area is 115 Å². The van der Waals surface area contributed by atoms with Gasteiger partial charge in [-0.25, -0.2) is 4.98 Å². The van der Waals surface area contributed by atoms with Crippen LogP contribution in [-0.4, -0.2) is 21.2 Å². The molecule has 19 heavy (non-hydrogen) atoms. The molecule has 0 aliphatic rings. The summed E-state index contributed by atoms with van der Waals surface area (Å²) in [6.07, 6.45) is 8.25. The summed E-state index contributed by atoms with van der Waals surface area (Å²) in [6.45, 7) is 8.41. The molecule has 0 amide bonds. The van der Waals surface area contributed by atoms with Gasteiger partial charge in [0.25, 0.3) is 0 Å². The van der Waals surface area contributed by atoms with Crippen LogP contribution in [0.2, 0.25) is 0 Å². The third-order valence-corrected chi connectivity index (χ3v) is 3.58. The molecule has 0 saturated heterocycles. The lowest BCUT2D eigenvalue weighted by molar-refractivity contribution is 0.442. The average molecular weight is 260 g/mol. The quantitative estimate of drug-likeness (QED) is 0.866. The summed E-state index contributed by atoms with van der Waals surface area (Å²) in [7, 11) is 2.02. The number of rotatable bonds is 6. The van der Waals surface area contributed by atoms with Crippen LogP contribution in [0.4, 0.5) is 0 Å². The first-order chi connectivity index (χ1) is 9.15. The number of aromatic nitrogens is 3. The Hall–Kier alpha value is -1.55. The van der Waals surface area contributed by atoms with E-state index in [0.717, 1.165) is 18.9 Å². The fourth-order valence-electron chi connectivity index (χ4n) is 2.57. The highest BCUT2D eigenvalue weighted by atomic mass is 15.1. The summed E-state index contributed by atoms with van der Waals surface area (Å²) >= 11 is 0. The summed E-state index contributed by atoms with van der Waals surface area (Å²) in [4.78, 5) is 4.42. The van der Waals surface area contributed by atoms with Gasteiger partial charge in [-0.1, -0.05) is 13.8 Å². The largest absolute Gasteiger partial charge is 0.346 e. The van der Waals surface area contributed by atoms with Crippen LogP contribution in [-0.2, 0) is 13.1 Å². The molecule has 1 unspecified atom stereocenters. The maximum Gasteiger partial charge on any atom is 0.128 e. The first-order valence-corrected chi connectivity index (χ1v) is 6.98. The zero-order chi connectivity index (χ0) is 13.8. The van der Waals surface area contributed by atoms with E-state index >= 15 is 0 Å². The van der Waals surface area contributed by atoms with E-state index in [1.807, 2.05) is 19.4 Å². The topological polar surface area (TPSA) is 34.8 Å². The predicted molar refractivity (Wildman–Crippen MR) is 78.1 cm³/mol. The van der Waals surface area contributed by atoms with Gasteiger partial charge < -0.3 is 14.5 Å². The first kappa shape index (κ1) is 13.9. The lowest BCUT2D eigenvalue weighted by atomic mass is 9.99. The number of nitrogens with one attached hydrogen (secondary N) is 1. The summed E-state index contributed by atoms with van der Waals surface area (Å²) in [5.74, 6) is 1.69. The van der Waals surface area contributed by atoms with Crippen LogP contribution in [0.5, 0.6) is 0 Å². The van der Waals surface area contributed by atoms with Gasteiger partial charge in [0.05, 0.1) is 6.54 Å². The Morgan fingerprint density at radius 1 is 1.32 bits per heavy atom. The molecule has 0 aromatic carbocycles. The number of imidazole rings is 1. The van der Waals surface area contributed by atoms with E-state index in [1.54, 1.807) is 0 Å². The minimum atomic E-state index is 0.409. The SMILES string of the molecule is CCn1ccnc1Cn1ccc(C(NC)C(C)C)c1. The van der Waals surface area contributed by atoms with Gasteiger partial charge in [0, 0.05) is 37.4 Å². The molecule has 1 N–H and O–H groups in total. The van der Waals surface area contributed by atoms with Crippen molar-refractivity contribution < 1.29 is 0 Å². The molecule has 2 aromatic heterocycles. The van der Waals surface area contributed by atoms with Gasteiger partial charge in [0.1, 0.15) is 5.82 Å². The molecule has 2 aromatic rings. The van der Waals surface area contributed by atoms with Gasteiger partial charge in [-0.3, -0.25) is 0 Å². The highest BCUT2D eigenvalue weighted by Crippen LogP contribution is 2.21. The van der Waals surface area contributed by atoms with Crippen molar-refractivity contribution in [2.45, 2.75) is 39.9 Å². The highest BCUT2D eigenvalue weighted by molar-refractivity contribution is 5.16. The lowest BCUT2D eigenvalue weighted by Gasteiger charge is -2.18. The van der Waals surface area contributed by atoms with Crippen molar-refractivity contribution in [3.8, 4) is 0 Å². The normalized spacial score (nSPS) is 13.1. The van der Waals surface area contributed by atoms with E-state index < -0.39 is 0 Å². The Morgan fingerprint density at radius 2 is 2.11 bits per heavy atom. The summed E-state index contributed by atoms with van der Waals surface area (Å²) in [5.41, 5.74) is 1.34. The highest BCUT2D eigenvalue weighted by Gasteiger charge is 2.14. The maximum absolute atomic E-state index is 4.42. The smallest absolute Gasteiger partial charge is 0.128 e. The van der Waals surface area contributed by atoms with Crippen LogP contribution in [0.3, 0.4) is 0 Å². The standard InChI is InChI=1S/C15H24N4/c1-5-19-9-7-17-14(19)11-18-8-6-13(10-18)15(16-4)12(2)3/h6-10,12,15-16H,5,11H2,1-4H3. The van der Waals surface area contributed by atoms with Crippen molar-refractivity contribution in [1.82, 2.24) is 19.4 Å². The average Bonchev–Trinajstić information content (AvgIpc) is 3.00. The second-order valence-electron chi connectivity index (χ2n) is 5.26. The first-order valence-electron chi connectivity index (χ1n) is 6.98. The zero-order valence-electron chi connectivity index (χ0n) is 12.3. The van der Waals surface area contributed by atoms with Crippen LogP contribution in [0.15, 0.2) is 30.9 Å². The monoisotopic (exact) mass is 260 g/mol. The predicted octanol–water partition coefficient (Wildman–Crippen LogP) is 2.67. The van der Waals surface area contributed by atoms with Gasteiger partial charge in [-0.15, -0.1) is 0 Å². The maximum atomic E-state index is 4.42. The fraction of sp³-hybridized carbons (Fsp3) is 0.533. The molecule has 0 aliphatic heterocycles. The van der Waals surface area contributed by atoms with Gasteiger partial charge in [-0.05, 0) is 31.5 Å². The van der Waals surface area contributed by atoms with Crippen molar-refractivity contribution in [2.24, 2.45) is 5.92 Å². The van der Waals surface area contributed by atoms with Crippen LogP contribution in [0, 0.1) is 5.92 Å². The summed E-state index contributed by atoms with van der Waals surface area (Å²) < 4.78 is 4.38. The van der Waals surface area contributed by atoms with Gasteiger partial charge >= 0.3 is 0 Å². The lowest BCUT2D eigenvalue weighted by Crippen LogP contribution is -2.21. The third-order valence-electron chi connectivity index (χ3n) is 3.58. The molecular formula is C15H24N4. The Kier molecular flexibility index (Phi) is 4.43. The minimum Gasteiger partial charge on any atom is -0.346 e. The molecule has 0 spiro atoms. The van der Waals surface area contributed by atoms with E-state index in [4.69, 9.17) is 0 Å². The molecule has 104 valence electrons. The van der Waals surface area contributed by atoms with E-state index in [9.17, 15) is 0 Å². The molecule has 0 saturated carbocycles. The van der Waals surface area contributed by atoms with Gasteiger partial charge in [0.2, 0.25) is 0 Å². The molecule has 1 atom stereocenters.